The minimum absolute atomic E-state index is 0.0136. The van der Waals surface area contributed by atoms with Crippen LogP contribution in [-0.2, 0) is 0 Å². The number of likely N-dealkylation sites (tertiary alicyclic amines) is 1. The number of piperidine rings is 1. The number of nitrogens with two attached hydrogens (primary N) is 1. The van der Waals surface area contributed by atoms with E-state index in [4.69, 9.17) is 10.5 Å². The Hall–Kier alpha value is -1.71. The number of amides is 1. The summed E-state index contributed by atoms with van der Waals surface area (Å²) >= 11 is 0. The first-order chi connectivity index (χ1) is 8.93. The molecule has 1 aliphatic heterocycles. The lowest BCUT2D eigenvalue weighted by atomic mass is 9.82. The minimum Gasteiger partial charge on any atom is -0.496 e. The van der Waals surface area contributed by atoms with Gasteiger partial charge in [-0.25, -0.2) is 0 Å². The molecule has 4 nitrogen and oxygen atoms in total. The van der Waals surface area contributed by atoms with Crippen molar-refractivity contribution < 1.29 is 9.53 Å². The zero-order valence-corrected chi connectivity index (χ0v) is 11.9. The Balaban J connectivity index is 2.18. The van der Waals surface area contributed by atoms with Crippen LogP contribution in [0.4, 0.5) is 5.69 Å². The molecule has 1 aliphatic rings. The lowest BCUT2D eigenvalue weighted by molar-refractivity contribution is 0.0627. The summed E-state index contributed by atoms with van der Waals surface area (Å²) in [7, 11) is 1.57. The van der Waals surface area contributed by atoms with E-state index in [1.165, 1.54) is 0 Å². The van der Waals surface area contributed by atoms with E-state index in [2.05, 4.69) is 13.8 Å². The van der Waals surface area contributed by atoms with Crippen molar-refractivity contribution in [3.05, 3.63) is 23.8 Å². The molecule has 1 aromatic rings. The Labute approximate surface area is 114 Å². The van der Waals surface area contributed by atoms with Crippen molar-refractivity contribution in [3.63, 3.8) is 0 Å². The first-order valence-electron chi connectivity index (χ1n) is 6.66. The smallest absolute Gasteiger partial charge is 0.257 e. The van der Waals surface area contributed by atoms with Crippen molar-refractivity contribution in [1.82, 2.24) is 4.90 Å². The molecule has 1 aromatic carbocycles. The van der Waals surface area contributed by atoms with Gasteiger partial charge in [0.05, 0.1) is 12.7 Å². The van der Waals surface area contributed by atoms with Crippen LogP contribution in [0, 0.1) is 5.41 Å². The number of benzene rings is 1. The fraction of sp³-hybridized carbons (Fsp3) is 0.533. The van der Waals surface area contributed by atoms with E-state index in [1.807, 2.05) is 4.90 Å². The third kappa shape index (κ3) is 3.00. The predicted molar refractivity (Wildman–Crippen MR) is 76.3 cm³/mol. The molecule has 1 heterocycles. The highest BCUT2D eigenvalue weighted by Crippen LogP contribution is 2.31. The number of rotatable bonds is 2. The lowest BCUT2D eigenvalue weighted by Gasteiger charge is -2.37. The van der Waals surface area contributed by atoms with Gasteiger partial charge < -0.3 is 15.4 Å². The summed E-state index contributed by atoms with van der Waals surface area (Å²) in [6.07, 6.45) is 2.06. The molecule has 0 aliphatic carbocycles. The summed E-state index contributed by atoms with van der Waals surface area (Å²) in [5.74, 6) is 0.601. The molecule has 0 spiro atoms. The first kappa shape index (κ1) is 13.7. The highest BCUT2D eigenvalue weighted by molar-refractivity contribution is 5.97. The van der Waals surface area contributed by atoms with Gasteiger partial charge in [-0.1, -0.05) is 13.8 Å². The molecule has 104 valence electrons. The number of hydrogen-bond donors (Lipinski definition) is 1. The molecule has 1 saturated heterocycles. The van der Waals surface area contributed by atoms with Gasteiger partial charge in [0, 0.05) is 18.8 Å². The van der Waals surface area contributed by atoms with Crippen LogP contribution in [-0.4, -0.2) is 31.0 Å². The third-order valence-corrected chi connectivity index (χ3v) is 3.86. The second-order valence-electron chi connectivity index (χ2n) is 5.92. The predicted octanol–water partition coefficient (Wildman–Crippen LogP) is 2.54. The number of hydrogen-bond acceptors (Lipinski definition) is 3. The van der Waals surface area contributed by atoms with Gasteiger partial charge in [-0.15, -0.1) is 0 Å². The van der Waals surface area contributed by atoms with Crippen LogP contribution >= 0.6 is 0 Å². The van der Waals surface area contributed by atoms with Crippen LogP contribution in [0.2, 0.25) is 0 Å². The molecule has 2 rings (SSSR count). The van der Waals surface area contributed by atoms with Crippen molar-refractivity contribution in [1.29, 1.82) is 0 Å². The molecule has 0 unspecified atom stereocenters. The van der Waals surface area contributed by atoms with E-state index in [0.29, 0.717) is 22.4 Å². The van der Waals surface area contributed by atoms with Gasteiger partial charge in [0.15, 0.2) is 0 Å². The normalized spacial score (nSPS) is 18.2. The number of nitrogens with zero attached hydrogens (tertiary/aromatic N) is 1. The van der Waals surface area contributed by atoms with Crippen molar-refractivity contribution in [2.45, 2.75) is 26.7 Å². The van der Waals surface area contributed by atoms with Crippen LogP contribution in [0.5, 0.6) is 5.75 Å². The third-order valence-electron chi connectivity index (χ3n) is 3.86. The maximum atomic E-state index is 12.5. The number of carbonyl (C=O) groups excluding carboxylic acids is 1. The van der Waals surface area contributed by atoms with Gasteiger partial charge in [-0.2, -0.15) is 0 Å². The first-order valence-corrected chi connectivity index (χ1v) is 6.66. The van der Waals surface area contributed by atoms with Gasteiger partial charge in [0.2, 0.25) is 0 Å². The monoisotopic (exact) mass is 262 g/mol. The van der Waals surface area contributed by atoms with Crippen molar-refractivity contribution in [2.24, 2.45) is 5.41 Å². The average Bonchev–Trinajstić information content (AvgIpc) is 2.38. The van der Waals surface area contributed by atoms with E-state index in [-0.39, 0.29) is 5.91 Å². The Kier molecular flexibility index (Phi) is 3.69. The fourth-order valence-electron chi connectivity index (χ4n) is 2.38. The summed E-state index contributed by atoms with van der Waals surface area (Å²) < 4.78 is 5.25. The van der Waals surface area contributed by atoms with Crippen LogP contribution in [0.1, 0.15) is 37.0 Å². The molecular formula is C15H22N2O2. The minimum atomic E-state index is 0.0136. The molecule has 1 fully saturated rings. The largest absolute Gasteiger partial charge is 0.496 e. The molecule has 1 amide bonds. The number of nitrogen functional groups attached to an aromatic ring is 1. The van der Waals surface area contributed by atoms with Crippen LogP contribution in [0.15, 0.2) is 18.2 Å². The van der Waals surface area contributed by atoms with E-state index >= 15 is 0 Å². The topological polar surface area (TPSA) is 55.6 Å². The highest BCUT2D eigenvalue weighted by atomic mass is 16.5. The number of anilines is 1. The maximum absolute atomic E-state index is 12.5. The Morgan fingerprint density at radius 2 is 1.95 bits per heavy atom. The van der Waals surface area contributed by atoms with Crippen molar-refractivity contribution >= 4 is 11.6 Å². The molecule has 0 bridgehead atoms. The van der Waals surface area contributed by atoms with Crippen LogP contribution in [0.25, 0.3) is 0 Å². The zero-order valence-electron chi connectivity index (χ0n) is 11.9. The van der Waals surface area contributed by atoms with Gasteiger partial charge in [-0.05, 0) is 36.5 Å². The summed E-state index contributed by atoms with van der Waals surface area (Å²) in [5, 5.41) is 0. The lowest BCUT2D eigenvalue weighted by Crippen LogP contribution is -2.41. The zero-order chi connectivity index (χ0) is 14.0. The standard InChI is InChI=1S/C15H22N2O2/c1-15(2)6-8-17(9-7-15)14(18)12-10-11(16)4-5-13(12)19-3/h4-5,10H,6-9,16H2,1-3H3. The maximum Gasteiger partial charge on any atom is 0.257 e. The fourth-order valence-corrected chi connectivity index (χ4v) is 2.38. The van der Waals surface area contributed by atoms with Gasteiger partial charge in [0.1, 0.15) is 5.75 Å². The Morgan fingerprint density at radius 1 is 1.32 bits per heavy atom. The Morgan fingerprint density at radius 3 is 2.53 bits per heavy atom. The molecule has 0 radical (unpaired) electrons. The van der Waals surface area contributed by atoms with E-state index in [9.17, 15) is 4.79 Å². The number of carbonyl (C=O) groups is 1. The summed E-state index contributed by atoms with van der Waals surface area (Å²) in [5.41, 5.74) is 7.24. The summed E-state index contributed by atoms with van der Waals surface area (Å²) in [6.45, 7) is 6.08. The van der Waals surface area contributed by atoms with Crippen molar-refractivity contribution in [3.8, 4) is 5.75 Å². The highest BCUT2D eigenvalue weighted by Gasteiger charge is 2.29. The van der Waals surface area contributed by atoms with E-state index in [1.54, 1.807) is 25.3 Å². The van der Waals surface area contributed by atoms with Gasteiger partial charge in [0.25, 0.3) is 5.91 Å². The summed E-state index contributed by atoms with van der Waals surface area (Å²) in [4.78, 5) is 14.4. The molecule has 2 N–H and O–H groups in total. The van der Waals surface area contributed by atoms with Crippen LogP contribution in [0.3, 0.4) is 0 Å². The van der Waals surface area contributed by atoms with E-state index < -0.39 is 0 Å². The Bertz CT molecular complexity index is 473. The van der Waals surface area contributed by atoms with Crippen LogP contribution < -0.4 is 10.5 Å². The van der Waals surface area contributed by atoms with Crippen molar-refractivity contribution in [2.75, 3.05) is 25.9 Å². The SMILES string of the molecule is COc1ccc(N)cc1C(=O)N1CCC(C)(C)CC1. The molecule has 0 saturated carbocycles. The molecular weight excluding hydrogens is 240 g/mol. The molecule has 19 heavy (non-hydrogen) atoms. The second kappa shape index (κ2) is 5.11. The number of ether oxygens (including phenoxy) is 1. The molecule has 4 heteroatoms. The van der Waals surface area contributed by atoms with Gasteiger partial charge >= 0.3 is 0 Å². The molecule has 0 atom stereocenters. The quantitative estimate of drug-likeness (QED) is 0.833. The van der Waals surface area contributed by atoms with Gasteiger partial charge in [-0.3, -0.25) is 4.79 Å². The average molecular weight is 262 g/mol. The molecule has 0 aromatic heterocycles. The van der Waals surface area contributed by atoms with E-state index in [0.717, 1.165) is 25.9 Å². The number of methoxy groups -OCH3 is 1. The summed E-state index contributed by atoms with van der Waals surface area (Å²) in [6, 6.07) is 5.19. The second-order valence-corrected chi connectivity index (χ2v) is 5.92.